The van der Waals surface area contributed by atoms with E-state index in [9.17, 15) is 4.79 Å². The van der Waals surface area contributed by atoms with E-state index in [2.05, 4.69) is 22.1 Å². The van der Waals surface area contributed by atoms with Crippen molar-refractivity contribution < 1.29 is 9.53 Å². The van der Waals surface area contributed by atoms with Gasteiger partial charge in [-0.15, -0.1) is 0 Å². The lowest BCUT2D eigenvalue weighted by atomic mass is 10.2. The van der Waals surface area contributed by atoms with E-state index < -0.39 is 0 Å². The number of anilines is 3. The molecule has 0 aliphatic heterocycles. The molecule has 1 aromatic heterocycles. The number of benzene rings is 2. The third-order valence-electron chi connectivity index (χ3n) is 4.11. The van der Waals surface area contributed by atoms with E-state index in [0.29, 0.717) is 23.6 Å². The third-order valence-corrected chi connectivity index (χ3v) is 4.11. The SMILES string of the molecule is CCOc1ccccc1NC(=O)c1ccc(N(CC)c2ccccc2)nc1. The lowest BCUT2D eigenvalue weighted by molar-refractivity contribution is 0.102. The first-order valence-corrected chi connectivity index (χ1v) is 9.04. The molecule has 0 unspecified atom stereocenters. The molecule has 0 spiro atoms. The van der Waals surface area contributed by atoms with Crippen molar-refractivity contribution in [3.8, 4) is 5.75 Å². The Hall–Kier alpha value is -3.34. The minimum Gasteiger partial charge on any atom is -0.492 e. The zero-order chi connectivity index (χ0) is 19.1. The maximum absolute atomic E-state index is 12.6. The summed E-state index contributed by atoms with van der Waals surface area (Å²) in [5.74, 6) is 1.23. The number of hydrogen-bond acceptors (Lipinski definition) is 4. The van der Waals surface area contributed by atoms with Crippen LogP contribution < -0.4 is 15.0 Å². The lowest BCUT2D eigenvalue weighted by Crippen LogP contribution is -2.18. The molecule has 0 aliphatic rings. The van der Waals surface area contributed by atoms with Gasteiger partial charge in [0, 0.05) is 18.4 Å². The Kier molecular flexibility index (Phi) is 6.05. The van der Waals surface area contributed by atoms with Gasteiger partial charge in [-0.2, -0.15) is 0 Å². The molecule has 3 aromatic rings. The minimum absolute atomic E-state index is 0.219. The van der Waals surface area contributed by atoms with E-state index in [1.54, 1.807) is 12.3 Å². The Bertz CT molecular complexity index is 880. The van der Waals surface area contributed by atoms with Crippen molar-refractivity contribution >= 4 is 23.1 Å². The van der Waals surface area contributed by atoms with Crippen LogP contribution in [-0.4, -0.2) is 24.0 Å². The second-order valence-corrected chi connectivity index (χ2v) is 5.87. The fourth-order valence-electron chi connectivity index (χ4n) is 2.81. The van der Waals surface area contributed by atoms with Crippen molar-refractivity contribution in [3.63, 3.8) is 0 Å². The topological polar surface area (TPSA) is 54.5 Å². The predicted molar refractivity (Wildman–Crippen MR) is 109 cm³/mol. The monoisotopic (exact) mass is 361 g/mol. The molecule has 1 N–H and O–H groups in total. The minimum atomic E-state index is -0.219. The van der Waals surface area contributed by atoms with Crippen molar-refractivity contribution in [2.45, 2.75) is 13.8 Å². The molecule has 0 atom stereocenters. The summed E-state index contributed by atoms with van der Waals surface area (Å²) >= 11 is 0. The van der Waals surface area contributed by atoms with E-state index in [-0.39, 0.29) is 5.91 Å². The number of ether oxygens (including phenoxy) is 1. The summed E-state index contributed by atoms with van der Waals surface area (Å²) in [5.41, 5.74) is 2.21. The number of hydrogen-bond donors (Lipinski definition) is 1. The highest BCUT2D eigenvalue weighted by molar-refractivity contribution is 6.04. The van der Waals surface area contributed by atoms with E-state index in [1.807, 2.05) is 67.6 Å². The predicted octanol–water partition coefficient (Wildman–Crippen LogP) is 4.89. The van der Waals surface area contributed by atoms with Crippen molar-refractivity contribution in [1.29, 1.82) is 0 Å². The maximum atomic E-state index is 12.6. The number of nitrogens with zero attached hydrogens (tertiary/aromatic N) is 2. The van der Waals surface area contributed by atoms with Gasteiger partial charge in [-0.05, 0) is 50.2 Å². The zero-order valence-electron chi connectivity index (χ0n) is 15.6. The first kappa shape index (κ1) is 18.5. The highest BCUT2D eigenvalue weighted by atomic mass is 16.5. The average Bonchev–Trinajstić information content (AvgIpc) is 2.71. The summed E-state index contributed by atoms with van der Waals surface area (Å²) in [6.07, 6.45) is 1.60. The van der Waals surface area contributed by atoms with E-state index in [0.717, 1.165) is 18.1 Å². The molecular formula is C22H23N3O2. The highest BCUT2D eigenvalue weighted by Crippen LogP contribution is 2.25. The molecule has 3 rings (SSSR count). The Morgan fingerprint density at radius 1 is 1.00 bits per heavy atom. The number of pyridine rings is 1. The fourth-order valence-corrected chi connectivity index (χ4v) is 2.81. The molecule has 0 bridgehead atoms. The molecule has 1 amide bonds. The number of carbonyl (C=O) groups is 1. The van der Waals surface area contributed by atoms with Crippen LogP contribution in [0.25, 0.3) is 0 Å². The van der Waals surface area contributed by atoms with Gasteiger partial charge >= 0.3 is 0 Å². The van der Waals surface area contributed by atoms with Crippen LogP contribution in [0.2, 0.25) is 0 Å². The summed E-state index contributed by atoms with van der Waals surface area (Å²) in [7, 11) is 0. The second-order valence-electron chi connectivity index (χ2n) is 5.87. The number of carbonyl (C=O) groups excluding carboxylic acids is 1. The lowest BCUT2D eigenvalue weighted by Gasteiger charge is -2.22. The van der Waals surface area contributed by atoms with Gasteiger partial charge in [0.1, 0.15) is 11.6 Å². The van der Waals surface area contributed by atoms with Crippen LogP contribution in [0.1, 0.15) is 24.2 Å². The molecule has 2 aromatic carbocycles. The number of rotatable bonds is 7. The van der Waals surface area contributed by atoms with Gasteiger partial charge in [0.25, 0.3) is 5.91 Å². The molecule has 0 fully saturated rings. The molecule has 5 heteroatoms. The normalized spacial score (nSPS) is 10.3. The van der Waals surface area contributed by atoms with Crippen LogP contribution in [0.3, 0.4) is 0 Å². The number of nitrogens with one attached hydrogen (secondary N) is 1. The first-order valence-electron chi connectivity index (χ1n) is 9.04. The van der Waals surface area contributed by atoms with Gasteiger partial charge in [0.05, 0.1) is 17.9 Å². The van der Waals surface area contributed by atoms with Crippen LogP contribution in [-0.2, 0) is 0 Å². The van der Waals surface area contributed by atoms with Crippen LogP contribution >= 0.6 is 0 Å². The van der Waals surface area contributed by atoms with Gasteiger partial charge < -0.3 is 15.0 Å². The largest absolute Gasteiger partial charge is 0.492 e. The van der Waals surface area contributed by atoms with Crippen molar-refractivity contribution in [2.24, 2.45) is 0 Å². The van der Waals surface area contributed by atoms with Crippen LogP contribution in [0.15, 0.2) is 72.9 Å². The van der Waals surface area contributed by atoms with Gasteiger partial charge in [0.2, 0.25) is 0 Å². The van der Waals surface area contributed by atoms with Crippen molar-refractivity contribution in [2.75, 3.05) is 23.4 Å². The first-order chi connectivity index (χ1) is 13.2. The Morgan fingerprint density at radius 3 is 2.41 bits per heavy atom. The van der Waals surface area contributed by atoms with E-state index in [1.165, 1.54) is 0 Å². The summed E-state index contributed by atoms with van der Waals surface area (Å²) < 4.78 is 5.55. The molecule has 1 heterocycles. The molecule has 5 nitrogen and oxygen atoms in total. The molecule has 0 saturated heterocycles. The van der Waals surface area contributed by atoms with Crippen molar-refractivity contribution in [1.82, 2.24) is 4.98 Å². The number of amides is 1. The molecule has 0 radical (unpaired) electrons. The Balaban J connectivity index is 1.76. The maximum Gasteiger partial charge on any atom is 0.257 e. The smallest absolute Gasteiger partial charge is 0.257 e. The molecule has 27 heavy (non-hydrogen) atoms. The summed E-state index contributed by atoms with van der Waals surface area (Å²) in [6.45, 7) is 5.30. The van der Waals surface area contributed by atoms with Gasteiger partial charge in [-0.1, -0.05) is 30.3 Å². The number of para-hydroxylation sites is 3. The molecule has 0 saturated carbocycles. The summed E-state index contributed by atoms with van der Waals surface area (Å²) in [4.78, 5) is 19.1. The van der Waals surface area contributed by atoms with Crippen LogP contribution in [0.4, 0.5) is 17.2 Å². The van der Waals surface area contributed by atoms with Gasteiger partial charge in [-0.3, -0.25) is 4.79 Å². The molecule has 138 valence electrons. The second kappa shape index (κ2) is 8.85. The van der Waals surface area contributed by atoms with Gasteiger partial charge in [-0.25, -0.2) is 4.98 Å². The summed E-state index contributed by atoms with van der Waals surface area (Å²) in [6, 6.07) is 21.1. The van der Waals surface area contributed by atoms with Crippen LogP contribution in [0, 0.1) is 0 Å². The number of aromatic nitrogens is 1. The average molecular weight is 361 g/mol. The van der Waals surface area contributed by atoms with Crippen molar-refractivity contribution in [3.05, 3.63) is 78.5 Å². The molecule has 0 aliphatic carbocycles. The fraction of sp³-hybridized carbons (Fsp3) is 0.182. The van der Waals surface area contributed by atoms with E-state index in [4.69, 9.17) is 4.74 Å². The zero-order valence-corrected chi connectivity index (χ0v) is 15.6. The quantitative estimate of drug-likeness (QED) is 0.651. The molecular weight excluding hydrogens is 338 g/mol. The third kappa shape index (κ3) is 4.44. The Labute approximate surface area is 159 Å². The summed E-state index contributed by atoms with van der Waals surface area (Å²) in [5, 5.41) is 2.89. The Morgan fingerprint density at radius 2 is 1.74 bits per heavy atom. The standard InChI is InChI=1S/C22H23N3O2/c1-3-25(18-10-6-5-7-11-18)21-15-14-17(16-23-21)22(26)24-19-12-8-9-13-20(19)27-4-2/h5-16H,3-4H2,1-2H3,(H,24,26). The van der Waals surface area contributed by atoms with E-state index >= 15 is 0 Å². The van der Waals surface area contributed by atoms with Crippen LogP contribution in [0.5, 0.6) is 5.75 Å². The highest BCUT2D eigenvalue weighted by Gasteiger charge is 2.12. The van der Waals surface area contributed by atoms with Gasteiger partial charge in [0.15, 0.2) is 0 Å².